The van der Waals surface area contributed by atoms with Crippen molar-refractivity contribution in [1.82, 2.24) is 15.2 Å². The van der Waals surface area contributed by atoms with Gasteiger partial charge >= 0.3 is 0 Å². The normalized spacial score (nSPS) is 15.1. The van der Waals surface area contributed by atoms with Crippen molar-refractivity contribution in [3.05, 3.63) is 23.9 Å². The van der Waals surface area contributed by atoms with Crippen LogP contribution in [0.2, 0.25) is 0 Å². The molecule has 0 bridgehead atoms. The van der Waals surface area contributed by atoms with Gasteiger partial charge in [-0.15, -0.1) is 0 Å². The molecule has 1 aliphatic rings. The Morgan fingerprint density at radius 3 is 3.10 bits per heavy atom. The van der Waals surface area contributed by atoms with Gasteiger partial charge < -0.3 is 15.0 Å². The molecule has 20 heavy (non-hydrogen) atoms. The lowest BCUT2D eigenvalue weighted by Gasteiger charge is -2.25. The van der Waals surface area contributed by atoms with E-state index in [1.165, 1.54) is 0 Å². The van der Waals surface area contributed by atoms with E-state index < -0.39 is 0 Å². The minimum absolute atomic E-state index is 0.0666. The zero-order chi connectivity index (χ0) is 14.4. The highest BCUT2D eigenvalue weighted by atomic mass is 16.5. The number of amides is 2. The van der Waals surface area contributed by atoms with Crippen LogP contribution in [-0.2, 0) is 16.1 Å². The third-order valence-corrected chi connectivity index (χ3v) is 3.25. The van der Waals surface area contributed by atoms with Gasteiger partial charge in [-0.1, -0.05) is 0 Å². The van der Waals surface area contributed by atoms with E-state index in [-0.39, 0.29) is 18.4 Å². The van der Waals surface area contributed by atoms with Gasteiger partial charge in [0.05, 0.1) is 13.7 Å². The van der Waals surface area contributed by atoms with Gasteiger partial charge in [-0.25, -0.2) is 4.98 Å². The van der Waals surface area contributed by atoms with Crippen LogP contribution in [-0.4, -0.2) is 41.9 Å². The molecule has 2 amide bonds. The fourth-order valence-corrected chi connectivity index (χ4v) is 2.13. The topological polar surface area (TPSA) is 71.5 Å². The monoisotopic (exact) mass is 277 g/mol. The first-order valence-corrected chi connectivity index (χ1v) is 6.72. The number of nitrogens with zero attached hydrogens (tertiary/aromatic N) is 2. The highest BCUT2D eigenvalue weighted by Crippen LogP contribution is 2.10. The van der Waals surface area contributed by atoms with Crippen molar-refractivity contribution in [3.63, 3.8) is 0 Å². The van der Waals surface area contributed by atoms with Crippen LogP contribution in [0, 0.1) is 0 Å². The fourth-order valence-electron chi connectivity index (χ4n) is 2.13. The van der Waals surface area contributed by atoms with E-state index >= 15 is 0 Å². The number of ether oxygens (including phenoxy) is 1. The predicted octanol–water partition coefficient (Wildman–Crippen LogP) is 0.719. The minimum Gasteiger partial charge on any atom is -0.481 e. The van der Waals surface area contributed by atoms with Crippen molar-refractivity contribution >= 4 is 11.8 Å². The lowest BCUT2D eigenvalue weighted by molar-refractivity contribution is -0.137. The van der Waals surface area contributed by atoms with E-state index in [9.17, 15) is 9.59 Å². The summed E-state index contributed by atoms with van der Waals surface area (Å²) in [7, 11) is 1.55. The summed E-state index contributed by atoms with van der Waals surface area (Å²) in [6.45, 7) is 1.22. The number of aromatic nitrogens is 1. The van der Waals surface area contributed by atoms with Gasteiger partial charge in [-0.05, 0) is 24.5 Å². The third-order valence-electron chi connectivity index (χ3n) is 3.25. The Bertz CT molecular complexity index is 490. The molecule has 0 unspecified atom stereocenters. The molecule has 1 aromatic rings. The van der Waals surface area contributed by atoms with Crippen molar-refractivity contribution in [1.29, 1.82) is 0 Å². The number of piperidine rings is 1. The Morgan fingerprint density at radius 1 is 1.50 bits per heavy atom. The van der Waals surface area contributed by atoms with E-state index in [2.05, 4.69) is 10.3 Å². The molecule has 0 aromatic carbocycles. The SMILES string of the molecule is COc1cc(CNC(=O)CN2CCCCC2=O)ccn1. The zero-order valence-electron chi connectivity index (χ0n) is 11.6. The lowest BCUT2D eigenvalue weighted by atomic mass is 10.1. The number of hydrogen-bond acceptors (Lipinski definition) is 4. The molecule has 0 saturated carbocycles. The average Bonchev–Trinajstić information content (AvgIpc) is 2.48. The fraction of sp³-hybridized carbons (Fsp3) is 0.500. The van der Waals surface area contributed by atoms with Crippen molar-refractivity contribution in [2.45, 2.75) is 25.8 Å². The van der Waals surface area contributed by atoms with Crippen molar-refractivity contribution in [3.8, 4) is 5.88 Å². The maximum absolute atomic E-state index is 11.8. The number of hydrogen-bond donors (Lipinski definition) is 1. The highest BCUT2D eigenvalue weighted by Gasteiger charge is 2.20. The molecule has 0 radical (unpaired) electrons. The van der Waals surface area contributed by atoms with E-state index in [1.807, 2.05) is 6.07 Å². The summed E-state index contributed by atoms with van der Waals surface area (Å²) in [5.41, 5.74) is 0.912. The highest BCUT2D eigenvalue weighted by molar-refractivity contribution is 5.85. The zero-order valence-corrected chi connectivity index (χ0v) is 11.6. The molecule has 108 valence electrons. The number of carbonyl (C=O) groups is 2. The Hall–Kier alpha value is -2.11. The number of pyridine rings is 1. The first-order chi connectivity index (χ1) is 9.69. The second kappa shape index (κ2) is 6.88. The maximum Gasteiger partial charge on any atom is 0.239 e. The third kappa shape index (κ3) is 3.94. The Morgan fingerprint density at radius 2 is 2.35 bits per heavy atom. The number of likely N-dealkylation sites (tertiary alicyclic amines) is 1. The molecule has 1 aromatic heterocycles. The molecule has 1 saturated heterocycles. The molecular weight excluding hydrogens is 258 g/mol. The summed E-state index contributed by atoms with van der Waals surface area (Å²) in [5.74, 6) is 0.441. The summed E-state index contributed by atoms with van der Waals surface area (Å²) in [5, 5.41) is 2.80. The van der Waals surface area contributed by atoms with E-state index in [1.54, 1.807) is 24.3 Å². The Labute approximate surface area is 118 Å². The van der Waals surface area contributed by atoms with E-state index in [0.29, 0.717) is 25.4 Å². The van der Waals surface area contributed by atoms with Crippen LogP contribution >= 0.6 is 0 Å². The number of nitrogens with one attached hydrogen (secondary N) is 1. The van der Waals surface area contributed by atoms with Crippen molar-refractivity contribution in [2.24, 2.45) is 0 Å². The van der Waals surface area contributed by atoms with Gasteiger partial charge in [-0.3, -0.25) is 9.59 Å². The molecule has 0 atom stereocenters. The summed E-state index contributed by atoms with van der Waals surface area (Å²) in [4.78, 5) is 29.1. The second-order valence-corrected chi connectivity index (χ2v) is 4.76. The van der Waals surface area contributed by atoms with Crippen LogP contribution in [0.1, 0.15) is 24.8 Å². The van der Waals surface area contributed by atoms with Crippen LogP contribution in [0.25, 0.3) is 0 Å². The van der Waals surface area contributed by atoms with Gasteiger partial charge in [-0.2, -0.15) is 0 Å². The first-order valence-electron chi connectivity index (χ1n) is 6.72. The van der Waals surface area contributed by atoms with Gasteiger partial charge in [0.15, 0.2) is 0 Å². The van der Waals surface area contributed by atoms with Crippen molar-refractivity contribution in [2.75, 3.05) is 20.2 Å². The Balaban J connectivity index is 1.81. The van der Waals surface area contributed by atoms with Crippen LogP contribution < -0.4 is 10.1 Å². The van der Waals surface area contributed by atoms with Gasteiger partial charge in [0.25, 0.3) is 0 Å². The molecule has 1 fully saturated rings. The molecule has 6 nitrogen and oxygen atoms in total. The number of rotatable bonds is 5. The summed E-state index contributed by atoms with van der Waals surface area (Å²) in [6, 6.07) is 3.58. The van der Waals surface area contributed by atoms with Gasteiger partial charge in [0, 0.05) is 31.8 Å². The van der Waals surface area contributed by atoms with Crippen molar-refractivity contribution < 1.29 is 14.3 Å². The summed E-state index contributed by atoms with van der Waals surface area (Å²) in [6.07, 6.45) is 4.08. The molecule has 2 heterocycles. The van der Waals surface area contributed by atoms with Crippen LogP contribution in [0.3, 0.4) is 0 Å². The summed E-state index contributed by atoms with van der Waals surface area (Å²) < 4.78 is 5.02. The molecule has 6 heteroatoms. The first kappa shape index (κ1) is 14.3. The number of carbonyl (C=O) groups excluding carboxylic acids is 2. The Kier molecular flexibility index (Phi) is 4.92. The quantitative estimate of drug-likeness (QED) is 0.861. The smallest absolute Gasteiger partial charge is 0.239 e. The molecular formula is C14H19N3O3. The van der Waals surface area contributed by atoms with Gasteiger partial charge in [0.1, 0.15) is 0 Å². The standard InChI is InChI=1S/C14H19N3O3/c1-20-13-8-11(5-6-15-13)9-16-12(18)10-17-7-3-2-4-14(17)19/h5-6,8H,2-4,7,9-10H2,1H3,(H,16,18). The van der Waals surface area contributed by atoms with E-state index in [0.717, 1.165) is 18.4 Å². The maximum atomic E-state index is 11.8. The molecule has 0 aliphatic carbocycles. The predicted molar refractivity (Wildman–Crippen MR) is 73.1 cm³/mol. The minimum atomic E-state index is -0.143. The van der Waals surface area contributed by atoms with Gasteiger partial charge in [0.2, 0.25) is 17.7 Å². The van der Waals surface area contributed by atoms with Crippen LogP contribution in [0.5, 0.6) is 5.88 Å². The largest absolute Gasteiger partial charge is 0.481 e. The average molecular weight is 277 g/mol. The van der Waals surface area contributed by atoms with Crippen LogP contribution in [0.4, 0.5) is 0 Å². The molecule has 2 rings (SSSR count). The lowest BCUT2D eigenvalue weighted by Crippen LogP contribution is -2.42. The number of methoxy groups -OCH3 is 1. The second-order valence-electron chi connectivity index (χ2n) is 4.76. The van der Waals surface area contributed by atoms with Crippen LogP contribution in [0.15, 0.2) is 18.3 Å². The summed E-state index contributed by atoms with van der Waals surface area (Å²) >= 11 is 0. The molecule has 1 aliphatic heterocycles. The molecule has 0 spiro atoms. The van der Waals surface area contributed by atoms with E-state index in [4.69, 9.17) is 4.74 Å². The molecule has 1 N–H and O–H groups in total.